The highest BCUT2D eigenvalue weighted by Crippen LogP contribution is 2.03. The van der Waals surface area contributed by atoms with Crippen LogP contribution < -0.4 is 11.1 Å². The van der Waals surface area contributed by atoms with E-state index in [4.69, 9.17) is 5.73 Å². The van der Waals surface area contributed by atoms with Gasteiger partial charge in [0.2, 0.25) is 5.91 Å². The number of imidazole rings is 1. The average Bonchev–Trinajstić information content (AvgIpc) is 2.70. The summed E-state index contributed by atoms with van der Waals surface area (Å²) in [5, 5.41) is 2.90. The average molecular weight is 325 g/mol. The zero-order chi connectivity index (χ0) is 13.7. The summed E-state index contributed by atoms with van der Waals surface area (Å²) in [6.45, 7) is 9.45. The van der Waals surface area contributed by atoms with E-state index in [-0.39, 0.29) is 36.6 Å². The number of halogens is 2. The first kappa shape index (κ1) is 21.5. The van der Waals surface area contributed by atoms with Gasteiger partial charge in [-0.3, -0.25) is 4.79 Å². The number of hydrogen-bond donors (Lipinski definition) is 2. The van der Waals surface area contributed by atoms with Crippen molar-refractivity contribution < 1.29 is 4.79 Å². The van der Waals surface area contributed by atoms with Crippen molar-refractivity contribution >= 4 is 30.7 Å². The molecule has 1 heterocycles. The first-order valence-corrected chi connectivity index (χ1v) is 6.42. The van der Waals surface area contributed by atoms with Gasteiger partial charge in [0.05, 0.1) is 6.04 Å². The van der Waals surface area contributed by atoms with E-state index < -0.39 is 6.04 Å². The van der Waals surface area contributed by atoms with Gasteiger partial charge in [-0.2, -0.15) is 0 Å². The van der Waals surface area contributed by atoms with E-state index in [1.54, 1.807) is 6.20 Å². The lowest BCUT2D eigenvalue weighted by Gasteiger charge is -2.18. The van der Waals surface area contributed by atoms with Crippen molar-refractivity contribution in [3.05, 3.63) is 18.2 Å². The molecule has 0 saturated carbocycles. The summed E-state index contributed by atoms with van der Waals surface area (Å²) in [5.74, 6) is 1.43. The molecule has 1 amide bonds. The van der Waals surface area contributed by atoms with E-state index in [9.17, 15) is 4.79 Å². The Labute approximate surface area is 133 Å². The Bertz CT molecular complexity index is 395. The standard InChI is InChI=1S/C13H24N4O.2ClH/c1-9(2)12(14)13(18)16-7-10(3)8-17-6-5-15-11(17)4;;/h5-6,9-10,12H,7-8,14H2,1-4H3,(H,16,18);2*1H/t10?,12-;;/m0../s1. The Morgan fingerprint density at radius 2 is 2.00 bits per heavy atom. The molecule has 0 aromatic carbocycles. The van der Waals surface area contributed by atoms with E-state index in [1.807, 2.05) is 27.0 Å². The molecule has 2 atom stereocenters. The Kier molecular flexibility index (Phi) is 10.8. The summed E-state index contributed by atoms with van der Waals surface area (Å²) in [7, 11) is 0. The minimum atomic E-state index is -0.424. The molecule has 0 aliphatic heterocycles. The fraction of sp³-hybridized carbons (Fsp3) is 0.692. The zero-order valence-corrected chi connectivity index (χ0v) is 14.1. The minimum absolute atomic E-state index is 0. The summed E-state index contributed by atoms with van der Waals surface area (Å²) in [6, 6.07) is -0.424. The maximum Gasteiger partial charge on any atom is 0.237 e. The van der Waals surface area contributed by atoms with Crippen molar-refractivity contribution in [1.29, 1.82) is 0 Å². The first-order valence-electron chi connectivity index (χ1n) is 6.42. The van der Waals surface area contributed by atoms with Crippen molar-refractivity contribution in [3.63, 3.8) is 0 Å². The van der Waals surface area contributed by atoms with Gasteiger partial charge in [0.1, 0.15) is 5.82 Å². The van der Waals surface area contributed by atoms with Crippen molar-refractivity contribution in [2.75, 3.05) is 6.54 Å². The van der Waals surface area contributed by atoms with Gasteiger partial charge in [0.25, 0.3) is 0 Å². The number of carbonyl (C=O) groups excluding carboxylic acids is 1. The summed E-state index contributed by atoms with van der Waals surface area (Å²) in [6.07, 6.45) is 3.74. The van der Waals surface area contributed by atoms with Gasteiger partial charge in [-0.1, -0.05) is 20.8 Å². The summed E-state index contributed by atoms with van der Waals surface area (Å²) >= 11 is 0. The van der Waals surface area contributed by atoms with E-state index in [0.717, 1.165) is 12.4 Å². The third-order valence-corrected chi connectivity index (χ3v) is 3.08. The second-order valence-electron chi connectivity index (χ2n) is 5.25. The molecule has 20 heavy (non-hydrogen) atoms. The molecule has 0 spiro atoms. The topological polar surface area (TPSA) is 72.9 Å². The van der Waals surface area contributed by atoms with Crippen LogP contribution in [0.5, 0.6) is 0 Å². The molecule has 3 N–H and O–H groups in total. The molecule has 0 saturated heterocycles. The Morgan fingerprint density at radius 1 is 1.40 bits per heavy atom. The van der Waals surface area contributed by atoms with E-state index in [1.165, 1.54) is 0 Å². The summed E-state index contributed by atoms with van der Waals surface area (Å²) in [4.78, 5) is 15.9. The van der Waals surface area contributed by atoms with Gasteiger partial charge < -0.3 is 15.6 Å². The molecule has 118 valence electrons. The highest BCUT2D eigenvalue weighted by Gasteiger charge is 2.17. The first-order chi connectivity index (χ1) is 8.41. The highest BCUT2D eigenvalue weighted by molar-refractivity contribution is 5.85. The molecule has 1 aromatic rings. The van der Waals surface area contributed by atoms with Crippen LogP contribution in [-0.4, -0.2) is 28.0 Å². The second kappa shape index (κ2) is 10.0. The highest BCUT2D eigenvalue weighted by atomic mass is 35.5. The smallest absolute Gasteiger partial charge is 0.237 e. The number of rotatable bonds is 6. The van der Waals surface area contributed by atoms with Gasteiger partial charge in [-0.15, -0.1) is 24.8 Å². The number of aryl methyl sites for hydroxylation is 1. The minimum Gasteiger partial charge on any atom is -0.354 e. The van der Waals surface area contributed by atoms with Crippen LogP contribution in [0.2, 0.25) is 0 Å². The molecule has 0 aliphatic carbocycles. The van der Waals surface area contributed by atoms with Gasteiger partial charge in [0.15, 0.2) is 0 Å². The van der Waals surface area contributed by atoms with Crippen LogP contribution in [0.4, 0.5) is 0 Å². The molecule has 1 rings (SSSR count). The quantitative estimate of drug-likeness (QED) is 0.837. The van der Waals surface area contributed by atoms with E-state index >= 15 is 0 Å². The number of carbonyl (C=O) groups is 1. The van der Waals surface area contributed by atoms with Gasteiger partial charge in [-0.05, 0) is 18.8 Å². The van der Waals surface area contributed by atoms with Crippen molar-refractivity contribution in [1.82, 2.24) is 14.9 Å². The fourth-order valence-electron chi connectivity index (χ4n) is 1.69. The largest absolute Gasteiger partial charge is 0.354 e. The predicted molar refractivity (Wildman–Crippen MR) is 86.4 cm³/mol. The lowest BCUT2D eigenvalue weighted by molar-refractivity contribution is -0.123. The number of hydrogen-bond acceptors (Lipinski definition) is 3. The van der Waals surface area contributed by atoms with Gasteiger partial charge in [0, 0.05) is 25.5 Å². The number of nitrogens with one attached hydrogen (secondary N) is 1. The van der Waals surface area contributed by atoms with Gasteiger partial charge >= 0.3 is 0 Å². The molecule has 0 radical (unpaired) electrons. The van der Waals surface area contributed by atoms with E-state index in [0.29, 0.717) is 12.5 Å². The van der Waals surface area contributed by atoms with Crippen LogP contribution in [0.15, 0.2) is 12.4 Å². The monoisotopic (exact) mass is 324 g/mol. The van der Waals surface area contributed by atoms with Gasteiger partial charge in [-0.25, -0.2) is 4.98 Å². The lowest BCUT2D eigenvalue weighted by atomic mass is 10.0. The number of amides is 1. The number of nitrogens with zero attached hydrogens (tertiary/aromatic N) is 2. The summed E-state index contributed by atoms with van der Waals surface area (Å²) < 4.78 is 2.08. The number of aromatic nitrogens is 2. The van der Waals surface area contributed by atoms with Crippen LogP contribution in [0.25, 0.3) is 0 Å². The molecule has 1 aromatic heterocycles. The molecular formula is C13H26Cl2N4O. The molecule has 0 aliphatic rings. The molecular weight excluding hydrogens is 299 g/mol. The Morgan fingerprint density at radius 3 is 2.45 bits per heavy atom. The molecule has 1 unspecified atom stereocenters. The third kappa shape index (κ3) is 6.59. The van der Waals surface area contributed by atoms with Crippen LogP contribution >= 0.6 is 24.8 Å². The lowest BCUT2D eigenvalue weighted by Crippen LogP contribution is -2.45. The van der Waals surface area contributed by atoms with Crippen molar-refractivity contribution in [3.8, 4) is 0 Å². The van der Waals surface area contributed by atoms with Crippen LogP contribution in [-0.2, 0) is 11.3 Å². The Balaban J connectivity index is 0. The predicted octanol–water partition coefficient (Wildman–Crippen LogP) is 1.77. The van der Waals surface area contributed by atoms with Crippen molar-refractivity contribution in [2.45, 2.75) is 40.3 Å². The molecule has 0 fully saturated rings. The fourth-order valence-corrected chi connectivity index (χ4v) is 1.69. The molecule has 7 heteroatoms. The normalized spacial score (nSPS) is 13.1. The van der Waals surface area contributed by atoms with E-state index in [2.05, 4.69) is 21.8 Å². The SMILES string of the molecule is Cc1nccn1CC(C)CNC(=O)[C@@H](N)C(C)C.Cl.Cl. The molecule has 0 bridgehead atoms. The third-order valence-electron chi connectivity index (χ3n) is 3.08. The number of nitrogens with two attached hydrogens (primary N) is 1. The van der Waals surface area contributed by atoms with Crippen LogP contribution in [0.3, 0.4) is 0 Å². The van der Waals surface area contributed by atoms with Crippen LogP contribution in [0.1, 0.15) is 26.6 Å². The maximum atomic E-state index is 11.7. The summed E-state index contributed by atoms with van der Waals surface area (Å²) in [5.41, 5.74) is 5.78. The second-order valence-corrected chi connectivity index (χ2v) is 5.25. The molecule has 5 nitrogen and oxygen atoms in total. The zero-order valence-electron chi connectivity index (χ0n) is 12.5. The van der Waals surface area contributed by atoms with Crippen LogP contribution in [0, 0.1) is 18.8 Å². The van der Waals surface area contributed by atoms with Crippen molar-refractivity contribution in [2.24, 2.45) is 17.6 Å². The Hall–Kier alpha value is -0.780. The maximum absolute atomic E-state index is 11.7.